The fraction of sp³-hybridized carbons (Fsp3) is 0.0556. The van der Waals surface area contributed by atoms with E-state index in [9.17, 15) is 5.11 Å². The number of hydrogen-bond donors (Lipinski definition) is 1. The highest BCUT2D eigenvalue weighted by Crippen LogP contribution is 2.25. The molecule has 118 valence electrons. The first-order valence-corrected chi connectivity index (χ1v) is 7.80. The van der Waals surface area contributed by atoms with Crippen molar-refractivity contribution in [2.75, 3.05) is 0 Å². The molecular weight excluding hydrogens is 324 g/mol. The minimum atomic E-state index is -0.175. The van der Waals surface area contributed by atoms with Crippen LogP contribution in [0.1, 0.15) is 11.1 Å². The lowest BCUT2D eigenvalue weighted by Crippen LogP contribution is -1.93. The second kappa shape index (κ2) is 5.94. The van der Waals surface area contributed by atoms with Crippen molar-refractivity contribution in [1.29, 1.82) is 0 Å². The Bertz CT molecular complexity index is 994. The van der Waals surface area contributed by atoms with Gasteiger partial charge in [0.15, 0.2) is 5.65 Å². The van der Waals surface area contributed by atoms with Gasteiger partial charge in [-0.25, -0.2) is 4.98 Å². The molecule has 0 spiro atoms. The number of aromatic nitrogens is 4. The molecule has 5 nitrogen and oxygen atoms in total. The molecule has 24 heavy (non-hydrogen) atoms. The molecule has 0 bridgehead atoms. The molecule has 0 aliphatic heterocycles. The molecule has 0 saturated heterocycles. The molecular formula is C18H13ClN4O. The van der Waals surface area contributed by atoms with Crippen LogP contribution in [0.5, 0.6) is 6.01 Å². The van der Waals surface area contributed by atoms with E-state index in [1.807, 2.05) is 36.4 Å². The van der Waals surface area contributed by atoms with Gasteiger partial charge in [0.2, 0.25) is 0 Å². The molecule has 0 atom stereocenters. The summed E-state index contributed by atoms with van der Waals surface area (Å²) in [6.07, 6.45) is 3.85. The second-order valence-electron chi connectivity index (χ2n) is 5.47. The van der Waals surface area contributed by atoms with Crippen molar-refractivity contribution >= 4 is 17.2 Å². The van der Waals surface area contributed by atoms with Crippen molar-refractivity contribution in [2.45, 2.75) is 6.42 Å². The third-order valence-corrected chi connectivity index (χ3v) is 4.12. The smallest absolute Gasteiger partial charge is 0.318 e. The highest BCUT2D eigenvalue weighted by atomic mass is 35.5. The topological polar surface area (TPSA) is 63.3 Å². The Labute approximate surface area is 143 Å². The van der Waals surface area contributed by atoms with E-state index in [2.05, 4.69) is 27.2 Å². The maximum atomic E-state index is 9.70. The van der Waals surface area contributed by atoms with Gasteiger partial charge < -0.3 is 5.11 Å². The normalized spacial score (nSPS) is 11.0. The van der Waals surface area contributed by atoms with Crippen molar-refractivity contribution in [3.05, 3.63) is 77.2 Å². The lowest BCUT2D eigenvalue weighted by atomic mass is 10.0. The van der Waals surface area contributed by atoms with Crippen molar-refractivity contribution in [3.8, 4) is 17.1 Å². The molecule has 6 heteroatoms. The van der Waals surface area contributed by atoms with Gasteiger partial charge in [0.1, 0.15) is 6.33 Å². The van der Waals surface area contributed by atoms with E-state index in [0.717, 1.165) is 22.6 Å². The summed E-state index contributed by atoms with van der Waals surface area (Å²) in [5.41, 5.74) is 4.83. The van der Waals surface area contributed by atoms with Crippen LogP contribution in [0.15, 0.2) is 61.1 Å². The van der Waals surface area contributed by atoms with Gasteiger partial charge in [-0.15, -0.1) is 0 Å². The minimum Gasteiger partial charge on any atom is -0.479 e. The lowest BCUT2D eigenvalue weighted by molar-refractivity contribution is 0.411. The molecule has 0 amide bonds. The van der Waals surface area contributed by atoms with Crippen molar-refractivity contribution in [3.63, 3.8) is 0 Å². The average molecular weight is 337 g/mol. The molecule has 4 rings (SSSR count). The maximum Gasteiger partial charge on any atom is 0.318 e. The van der Waals surface area contributed by atoms with Crippen LogP contribution in [-0.4, -0.2) is 24.7 Å². The Hall–Kier alpha value is -2.92. The first-order valence-electron chi connectivity index (χ1n) is 7.42. The Morgan fingerprint density at radius 3 is 2.29 bits per heavy atom. The summed E-state index contributed by atoms with van der Waals surface area (Å²) in [7, 11) is 0. The summed E-state index contributed by atoms with van der Waals surface area (Å²) >= 11 is 5.92. The lowest BCUT2D eigenvalue weighted by Gasteiger charge is -2.04. The molecule has 1 N–H and O–H groups in total. The molecule has 2 aromatic carbocycles. The molecule has 0 saturated carbocycles. The standard InChI is InChI=1S/C18H13ClN4O/c19-15-7-3-13(4-8-15)9-12-1-5-14(6-2-12)16-10-22-23-17(16)20-11-21-18(23)24/h1-8,10-11H,9H2,(H,20,21,24). The molecule has 0 aliphatic rings. The quantitative estimate of drug-likeness (QED) is 0.619. The van der Waals surface area contributed by atoms with Crippen molar-refractivity contribution < 1.29 is 5.11 Å². The Morgan fingerprint density at radius 2 is 1.58 bits per heavy atom. The molecule has 0 radical (unpaired) electrons. The van der Waals surface area contributed by atoms with Crippen LogP contribution < -0.4 is 0 Å². The highest BCUT2D eigenvalue weighted by Gasteiger charge is 2.10. The van der Waals surface area contributed by atoms with E-state index < -0.39 is 0 Å². The van der Waals surface area contributed by atoms with Gasteiger partial charge in [-0.3, -0.25) is 0 Å². The Balaban J connectivity index is 1.63. The molecule has 2 aromatic heterocycles. The first-order chi connectivity index (χ1) is 11.7. The van der Waals surface area contributed by atoms with Gasteiger partial charge in [0, 0.05) is 10.6 Å². The molecule has 2 heterocycles. The largest absolute Gasteiger partial charge is 0.479 e. The summed E-state index contributed by atoms with van der Waals surface area (Å²) < 4.78 is 1.32. The summed E-state index contributed by atoms with van der Waals surface area (Å²) in [5.74, 6) is 0. The van der Waals surface area contributed by atoms with Crippen molar-refractivity contribution in [1.82, 2.24) is 19.6 Å². The number of nitrogens with zero attached hydrogens (tertiary/aromatic N) is 4. The minimum absolute atomic E-state index is 0.175. The predicted molar refractivity (Wildman–Crippen MR) is 92.1 cm³/mol. The SMILES string of the molecule is Oc1ncnc2c(-c3ccc(Cc4ccc(Cl)cc4)cc3)cnn12. The fourth-order valence-electron chi connectivity index (χ4n) is 2.65. The molecule has 4 aromatic rings. The fourth-order valence-corrected chi connectivity index (χ4v) is 2.77. The van der Waals surface area contributed by atoms with E-state index >= 15 is 0 Å². The van der Waals surface area contributed by atoms with Crippen LogP contribution in [0.25, 0.3) is 16.8 Å². The average Bonchev–Trinajstić information content (AvgIpc) is 3.03. The monoisotopic (exact) mass is 336 g/mol. The van der Waals surface area contributed by atoms with Crippen LogP contribution >= 0.6 is 11.6 Å². The third-order valence-electron chi connectivity index (χ3n) is 3.87. The second-order valence-corrected chi connectivity index (χ2v) is 5.90. The van der Waals surface area contributed by atoms with E-state index in [-0.39, 0.29) is 6.01 Å². The molecule has 0 unspecified atom stereocenters. The number of aromatic hydroxyl groups is 1. The van der Waals surface area contributed by atoms with Crippen molar-refractivity contribution in [2.24, 2.45) is 0 Å². The Kier molecular flexibility index (Phi) is 3.63. The van der Waals surface area contributed by atoms with E-state index in [4.69, 9.17) is 11.6 Å². The number of halogens is 1. The van der Waals surface area contributed by atoms with E-state index in [1.165, 1.54) is 22.0 Å². The van der Waals surface area contributed by atoms with Crippen LogP contribution in [0.3, 0.4) is 0 Å². The third kappa shape index (κ3) is 2.70. The molecule has 0 aliphatic carbocycles. The zero-order valence-corrected chi connectivity index (χ0v) is 13.4. The van der Waals surface area contributed by atoms with E-state index in [1.54, 1.807) is 6.20 Å². The summed E-state index contributed by atoms with van der Waals surface area (Å²) in [5, 5.41) is 14.6. The van der Waals surface area contributed by atoms with Crippen LogP contribution in [0, 0.1) is 0 Å². The van der Waals surface area contributed by atoms with Crippen LogP contribution in [0.4, 0.5) is 0 Å². The Morgan fingerprint density at radius 1 is 0.917 bits per heavy atom. The number of benzene rings is 2. The van der Waals surface area contributed by atoms with Gasteiger partial charge in [0.05, 0.1) is 6.20 Å². The zero-order valence-electron chi connectivity index (χ0n) is 12.6. The van der Waals surface area contributed by atoms with E-state index in [0.29, 0.717) is 5.65 Å². The van der Waals surface area contributed by atoms with Crippen LogP contribution in [-0.2, 0) is 6.42 Å². The predicted octanol–water partition coefficient (Wildman–Crippen LogP) is 3.74. The summed E-state index contributed by atoms with van der Waals surface area (Å²) in [4.78, 5) is 7.91. The number of fused-ring (bicyclic) bond motifs is 1. The van der Waals surface area contributed by atoms with Gasteiger partial charge in [-0.1, -0.05) is 48.0 Å². The zero-order chi connectivity index (χ0) is 16.5. The van der Waals surface area contributed by atoms with Gasteiger partial charge in [-0.2, -0.15) is 14.6 Å². The molecule has 0 fully saturated rings. The maximum absolute atomic E-state index is 9.70. The van der Waals surface area contributed by atoms with Gasteiger partial charge in [-0.05, 0) is 35.2 Å². The first kappa shape index (κ1) is 14.7. The number of hydrogen-bond acceptors (Lipinski definition) is 4. The summed E-state index contributed by atoms with van der Waals surface area (Å²) in [6, 6.07) is 15.9. The highest BCUT2D eigenvalue weighted by molar-refractivity contribution is 6.30. The van der Waals surface area contributed by atoms with Gasteiger partial charge in [0.25, 0.3) is 0 Å². The van der Waals surface area contributed by atoms with Gasteiger partial charge >= 0.3 is 6.01 Å². The van der Waals surface area contributed by atoms with Crippen LogP contribution in [0.2, 0.25) is 5.02 Å². The number of rotatable bonds is 3. The summed E-state index contributed by atoms with van der Waals surface area (Å²) in [6.45, 7) is 0.